The summed E-state index contributed by atoms with van der Waals surface area (Å²) < 4.78 is 0. The Morgan fingerprint density at radius 1 is 1.14 bits per heavy atom. The molecule has 7 atom stereocenters. The summed E-state index contributed by atoms with van der Waals surface area (Å²) in [5, 5.41) is 3.41. The van der Waals surface area contributed by atoms with E-state index in [2.05, 4.69) is 24.1 Å². The topological polar surface area (TPSA) is 42.0 Å². The van der Waals surface area contributed by atoms with Crippen LogP contribution in [0.3, 0.4) is 0 Å². The molecule has 0 spiro atoms. The van der Waals surface area contributed by atoms with Crippen LogP contribution in [0.2, 0.25) is 0 Å². The number of nitrogens with one attached hydrogen (secondary N) is 1. The molecule has 3 aliphatic carbocycles. The van der Waals surface area contributed by atoms with Crippen molar-refractivity contribution in [3.8, 4) is 0 Å². The third-order valence-corrected chi connectivity index (χ3v) is 9.65. The number of piperidine rings is 1. The summed E-state index contributed by atoms with van der Waals surface area (Å²) >= 11 is 5.78. The van der Waals surface area contributed by atoms with E-state index in [0.29, 0.717) is 11.5 Å². The van der Waals surface area contributed by atoms with Crippen molar-refractivity contribution in [3.63, 3.8) is 0 Å². The summed E-state index contributed by atoms with van der Waals surface area (Å²) in [5.74, 6) is 2.35. The molecule has 150 valence electrons. The average Bonchev–Trinajstić information content (AvgIpc) is 3.10. The van der Waals surface area contributed by atoms with Crippen LogP contribution in [-0.2, 0) is 4.79 Å². The van der Waals surface area contributed by atoms with E-state index in [-0.39, 0.29) is 17.2 Å². The number of carbonyl (C=O) groups excluding carboxylic acids is 1. The molecule has 3 saturated carbocycles. The molecule has 0 radical (unpaired) electrons. The highest BCUT2D eigenvalue weighted by molar-refractivity contribution is 7.81. The van der Waals surface area contributed by atoms with Gasteiger partial charge in [0.2, 0.25) is 5.91 Å². The van der Waals surface area contributed by atoms with Crippen molar-refractivity contribution in [2.24, 2.45) is 34.5 Å². The average molecular weight is 397 g/mol. The van der Waals surface area contributed by atoms with Gasteiger partial charge in [-0.25, -0.2) is 0 Å². The lowest BCUT2D eigenvalue weighted by Crippen LogP contribution is -2.63. The fourth-order valence-corrected chi connectivity index (χ4v) is 7.99. The normalized spacial score (nSPS) is 44.8. The number of thiocarbonyl (C=S) groups is 1. The second kappa shape index (κ2) is 6.62. The van der Waals surface area contributed by atoms with Crippen molar-refractivity contribution in [3.05, 3.63) is 30.1 Å². The fourth-order valence-electron chi connectivity index (χ4n) is 7.68. The van der Waals surface area contributed by atoms with Gasteiger partial charge in [-0.05, 0) is 85.7 Å². The van der Waals surface area contributed by atoms with Gasteiger partial charge in [0.05, 0.1) is 16.5 Å². The first-order valence-corrected chi connectivity index (χ1v) is 11.6. The number of fused-ring (bicyclic) bond motifs is 5. The van der Waals surface area contributed by atoms with Crippen LogP contribution >= 0.6 is 12.2 Å². The van der Waals surface area contributed by atoms with Crippen LogP contribution < -0.4 is 5.32 Å². The second-order valence-corrected chi connectivity index (χ2v) is 10.9. The third-order valence-electron chi connectivity index (χ3n) is 9.16. The molecular weight excluding hydrogens is 364 g/mol. The lowest BCUT2D eigenvalue weighted by molar-refractivity contribution is -0.139. The van der Waals surface area contributed by atoms with E-state index < -0.39 is 0 Å². The molecule has 4 aliphatic rings. The maximum absolute atomic E-state index is 13.0. The first-order chi connectivity index (χ1) is 13.4. The highest BCUT2D eigenvalue weighted by Crippen LogP contribution is 2.64. The van der Waals surface area contributed by atoms with Crippen LogP contribution in [0.4, 0.5) is 0 Å². The van der Waals surface area contributed by atoms with Crippen molar-refractivity contribution in [2.45, 2.75) is 71.3 Å². The fraction of sp³-hybridized carbons (Fsp3) is 0.708. The van der Waals surface area contributed by atoms with E-state index in [1.54, 1.807) is 6.20 Å². The van der Waals surface area contributed by atoms with Gasteiger partial charge in [-0.1, -0.05) is 38.6 Å². The van der Waals surface area contributed by atoms with Crippen molar-refractivity contribution in [2.75, 3.05) is 0 Å². The molecule has 1 aromatic rings. The van der Waals surface area contributed by atoms with Gasteiger partial charge < -0.3 is 5.32 Å². The zero-order chi connectivity index (χ0) is 19.5. The summed E-state index contributed by atoms with van der Waals surface area (Å²) in [7, 11) is 0. The third kappa shape index (κ3) is 2.70. The summed E-state index contributed by atoms with van der Waals surface area (Å²) in [5.41, 5.74) is 1.52. The van der Waals surface area contributed by atoms with Crippen LogP contribution in [0, 0.1) is 34.5 Å². The Hall–Kier alpha value is -1.29. The molecule has 1 N–H and O–H groups in total. The summed E-state index contributed by atoms with van der Waals surface area (Å²) in [6.45, 7) is 5.01. The number of hydrogen-bond donors (Lipinski definition) is 1. The van der Waals surface area contributed by atoms with Gasteiger partial charge in [-0.3, -0.25) is 9.78 Å². The molecule has 1 aliphatic heterocycles. The molecule has 28 heavy (non-hydrogen) atoms. The van der Waals surface area contributed by atoms with Crippen molar-refractivity contribution in [1.29, 1.82) is 0 Å². The van der Waals surface area contributed by atoms with E-state index in [1.807, 2.05) is 18.2 Å². The number of aromatic nitrogens is 1. The molecule has 1 amide bonds. The van der Waals surface area contributed by atoms with Crippen molar-refractivity contribution < 1.29 is 4.79 Å². The minimum Gasteiger partial charge on any atom is -0.352 e. The Balaban J connectivity index is 1.44. The molecule has 4 fully saturated rings. The highest BCUT2D eigenvalue weighted by atomic mass is 32.1. The Morgan fingerprint density at radius 3 is 2.79 bits per heavy atom. The summed E-state index contributed by atoms with van der Waals surface area (Å²) in [6.07, 6.45) is 12.0. The van der Waals surface area contributed by atoms with Gasteiger partial charge >= 0.3 is 0 Å². The van der Waals surface area contributed by atoms with E-state index in [4.69, 9.17) is 12.2 Å². The maximum atomic E-state index is 13.0. The van der Waals surface area contributed by atoms with Crippen LogP contribution in [0.15, 0.2) is 24.4 Å². The van der Waals surface area contributed by atoms with E-state index in [1.165, 1.54) is 38.5 Å². The van der Waals surface area contributed by atoms with Gasteiger partial charge in [0.1, 0.15) is 0 Å². The molecular formula is C24H32N2OS. The molecule has 2 heterocycles. The summed E-state index contributed by atoms with van der Waals surface area (Å²) in [6, 6.07) is 6.11. The SMILES string of the molecule is C[C@@]12CCC[C@H]1[C@@H]1CC[C@H]3NC(=O)C(C(=S)c4ccccn4)C[C@]3(C)[C@H]1CC2. The van der Waals surface area contributed by atoms with Gasteiger partial charge in [0, 0.05) is 12.2 Å². The Bertz CT molecular complexity index is 795. The number of carbonyl (C=O) groups is 1. The minimum absolute atomic E-state index is 0.123. The maximum Gasteiger partial charge on any atom is 0.228 e. The quantitative estimate of drug-likeness (QED) is 0.569. The highest BCUT2D eigenvalue weighted by Gasteiger charge is 2.59. The predicted molar refractivity (Wildman–Crippen MR) is 115 cm³/mol. The molecule has 3 nitrogen and oxygen atoms in total. The molecule has 1 saturated heterocycles. The minimum atomic E-state index is -0.221. The van der Waals surface area contributed by atoms with Crippen LogP contribution in [-0.4, -0.2) is 21.8 Å². The second-order valence-electron chi connectivity index (χ2n) is 10.4. The number of pyridine rings is 1. The Kier molecular flexibility index (Phi) is 4.42. The predicted octanol–water partition coefficient (Wildman–Crippen LogP) is 4.94. The first-order valence-electron chi connectivity index (χ1n) is 11.2. The van der Waals surface area contributed by atoms with Gasteiger partial charge in [0.15, 0.2) is 0 Å². The van der Waals surface area contributed by atoms with Crippen LogP contribution in [0.5, 0.6) is 0 Å². The van der Waals surface area contributed by atoms with Crippen LogP contribution in [0.25, 0.3) is 0 Å². The zero-order valence-corrected chi connectivity index (χ0v) is 17.9. The lowest BCUT2D eigenvalue weighted by Gasteiger charge is -2.60. The van der Waals surface area contributed by atoms with Crippen molar-refractivity contribution >= 4 is 23.0 Å². The largest absolute Gasteiger partial charge is 0.352 e. The van der Waals surface area contributed by atoms with E-state index in [9.17, 15) is 4.79 Å². The monoisotopic (exact) mass is 396 g/mol. The molecule has 4 heteroatoms. The van der Waals surface area contributed by atoms with Crippen LogP contribution in [0.1, 0.15) is 70.9 Å². The van der Waals surface area contributed by atoms with Gasteiger partial charge in [-0.15, -0.1) is 0 Å². The number of hydrogen-bond acceptors (Lipinski definition) is 3. The van der Waals surface area contributed by atoms with Gasteiger partial charge in [0.25, 0.3) is 0 Å². The summed E-state index contributed by atoms with van der Waals surface area (Å²) in [4.78, 5) is 18.1. The van der Waals surface area contributed by atoms with Gasteiger partial charge in [-0.2, -0.15) is 0 Å². The molecule has 1 aromatic heterocycles. The molecule has 0 aromatic carbocycles. The standard InChI is InChI=1S/C24H32N2OS/c1-23-11-5-6-17(23)15-8-9-20-24(2,18(15)10-12-23)14-16(22(27)26-20)21(28)19-7-3-4-13-25-19/h3-4,7,13,15-18,20H,5-6,8-12,14H2,1-2H3,(H,26,27)/t15-,16?,17-,18-,20+,23-,24+/m0/s1. The molecule has 5 rings (SSSR count). The molecule has 1 unspecified atom stereocenters. The van der Waals surface area contributed by atoms with E-state index in [0.717, 1.165) is 41.2 Å². The van der Waals surface area contributed by atoms with E-state index >= 15 is 0 Å². The van der Waals surface area contributed by atoms with Crippen molar-refractivity contribution in [1.82, 2.24) is 10.3 Å². The Morgan fingerprint density at radius 2 is 2.00 bits per heavy atom. The lowest BCUT2D eigenvalue weighted by atomic mass is 9.47. The smallest absolute Gasteiger partial charge is 0.228 e. The number of nitrogens with zero attached hydrogens (tertiary/aromatic N) is 1. The zero-order valence-electron chi connectivity index (χ0n) is 17.1. The molecule has 0 bridgehead atoms. The number of amides is 1. The first kappa shape index (κ1) is 18.7. The Labute approximate surface area is 174 Å². The number of rotatable bonds is 2.